The van der Waals surface area contributed by atoms with Crippen molar-refractivity contribution in [1.29, 1.82) is 0 Å². The summed E-state index contributed by atoms with van der Waals surface area (Å²) in [5.41, 5.74) is 3.89. The fourth-order valence-electron chi connectivity index (χ4n) is 7.46. The molecule has 0 amide bonds. The topological polar surface area (TPSA) is 62.8 Å². The fourth-order valence-corrected chi connectivity index (χ4v) is 7.75. The number of anilines is 5. The SMILES string of the molecule is S=C(NCC1(c2ccc(Cl)cc2)CCCCC1)Nc1nc(N2CCN(c3ccccc3)CC2)cc(N2CCN(c3ccccc3)CC2)n1. The van der Waals surface area contributed by atoms with Crippen LogP contribution in [0.15, 0.2) is 91.0 Å². The van der Waals surface area contributed by atoms with Gasteiger partial charge in [0.15, 0.2) is 5.11 Å². The molecule has 0 bridgehead atoms. The lowest BCUT2D eigenvalue weighted by atomic mass is 9.69. The van der Waals surface area contributed by atoms with E-state index < -0.39 is 0 Å². The van der Waals surface area contributed by atoms with Gasteiger partial charge in [0.05, 0.1) is 0 Å². The molecule has 2 aliphatic heterocycles. The summed E-state index contributed by atoms with van der Waals surface area (Å²) >= 11 is 12.1. The number of nitrogens with zero attached hydrogens (tertiary/aromatic N) is 6. The Labute approximate surface area is 295 Å². The molecule has 0 atom stereocenters. The van der Waals surface area contributed by atoms with Gasteiger partial charge in [-0.05, 0) is 67.0 Å². The number of benzene rings is 3. The molecule has 2 saturated heterocycles. The van der Waals surface area contributed by atoms with Crippen LogP contribution in [0.5, 0.6) is 0 Å². The second kappa shape index (κ2) is 15.0. The zero-order valence-electron chi connectivity index (χ0n) is 27.5. The molecule has 48 heavy (non-hydrogen) atoms. The third-order valence-corrected chi connectivity index (χ3v) is 10.7. The van der Waals surface area contributed by atoms with Gasteiger partial charge >= 0.3 is 0 Å². The second-order valence-electron chi connectivity index (χ2n) is 13.2. The zero-order valence-corrected chi connectivity index (χ0v) is 29.1. The van der Waals surface area contributed by atoms with Gasteiger partial charge in [-0.1, -0.05) is 79.4 Å². The van der Waals surface area contributed by atoms with E-state index in [0.29, 0.717) is 11.1 Å². The summed E-state index contributed by atoms with van der Waals surface area (Å²) in [4.78, 5) is 19.7. The summed E-state index contributed by atoms with van der Waals surface area (Å²) in [7, 11) is 0. The van der Waals surface area contributed by atoms with Gasteiger partial charge in [0.25, 0.3) is 0 Å². The summed E-state index contributed by atoms with van der Waals surface area (Å²) in [6.45, 7) is 8.07. The van der Waals surface area contributed by atoms with Crippen LogP contribution >= 0.6 is 23.8 Å². The van der Waals surface area contributed by atoms with Crippen molar-refractivity contribution in [2.75, 3.05) is 83.8 Å². The third-order valence-electron chi connectivity index (χ3n) is 10.2. The Morgan fingerprint density at radius 3 is 1.62 bits per heavy atom. The van der Waals surface area contributed by atoms with Gasteiger partial charge in [-0.25, -0.2) is 0 Å². The van der Waals surface area contributed by atoms with Gasteiger partial charge in [-0.3, -0.25) is 0 Å². The van der Waals surface area contributed by atoms with Crippen molar-refractivity contribution in [1.82, 2.24) is 15.3 Å². The normalized spacial score (nSPS) is 18.0. The molecule has 8 nitrogen and oxygen atoms in total. The highest BCUT2D eigenvalue weighted by atomic mass is 35.5. The Morgan fingerprint density at radius 1 is 0.646 bits per heavy atom. The summed E-state index contributed by atoms with van der Waals surface area (Å²) in [6, 6.07) is 31.9. The number of hydrogen-bond acceptors (Lipinski definition) is 7. The van der Waals surface area contributed by atoms with Crippen molar-refractivity contribution in [3.63, 3.8) is 0 Å². The van der Waals surface area contributed by atoms with Gasteiger partial charge in [-0.2, -0.15) is 9.97 Å². The Balaban J connectivity index is 1.07. The maximum Gasteiger partial charge on any atom is 0.232 e. The van der Waals surface area contributed by atoms with Crippen molar-refractivity contribution in [2.24, 2.45) is 0 Å². The van der Waals surface area contributed by atoms with Gasteiger partial charge in [0.2, 0.25) is 5.95 Å². The van der Waals surface area contributed by atoms with Crippen molar-refractivity contribution in [3.8, 4) is 0 Å². The minimum absolute atomic E-state index is 0.0271. The van der Waals surface area contributed by atoms with Gasteiger partial charge in [-0.15, -0.1) is 0 Å². The molecule has 10 heteroatoms. The van der Waals surface area contributed by atoms with Crippen LogP contribution in [0.3, 0.4) is 0 Å². The number of hydrogen-bond donors (Lipinski definition) is 2. The van der Waals surface area contributed by atoms with Gasteiger partial charge in [0.1, 0.15) is 11.6 Å². The number of rotatable bonds is 8. The predicted molar refractivity (Wildman–Crippen MR) is 204 cm³/mol. The van der Waals surface area contributed by atoms with E-state index >= 15 is 0 Å². The van der Waals surface area contributed by atoms with E-state index in [2.05, 4.69) is 109 Å². The van der Waals surface area contributed by atoms with E-state index in [0.717, 1.165) is 88.4 Å². The first-order valence-corrected chi connectivity index (χ1v) is 18.1. The average molecular weight is 681 g/mol. The summed E-state index contributed by atoms with van der Waals surface area (Å²) in [6.07, 6.45) is 5.97. The molecule has 3 fully saturated rings. The molecule has 3 heterocycles. The Hall–Kier alpha value is -4.08. The third kappa shape index (κ3) is 7.63. The first kappa shape index (κ1) is 32.5. The first-order chi connectivity index (χ1) is 23.5. The molecular formula is C38H45ClN8S. The van der Waals surface area contributed by atoms with E-state index in [1.165, 1.54) is 36.2 Å². The van der Waals surface area contributed by atoms with Crippen LogP contribution in [0, 0.1) is 0 Å². The van der Waals surface area contributed by atoms with E-state index in [1.807, 2.05) is 12.1 Å². The Kier molecular flexibility index (Phi) is 10.1. The minimum atomic E-state index is 0.0271. The number of aromatic nitrogens is 2. The van der Waals surface area contributed by atoms with E-state index in [1.54, 1.807) is 0 Å². The van der Waals surface area contributed by atoms with Crippen molar-refractivity contribution in [3.05, 3.63) is 102 Å². The molecule has 2 N–H and O–H groups in total. The summed E-state index contributed by atoms with van der Waals surface area (Å²) in [5.74, 6) is 2.42. The molecule has 0 spiro atoms. The van der Waals surface area contributed by atoms with Crippen LogP contribution in [0.1, 0.15) is 37.7 Å². The fraction of sp³-hybridized carbons (Fsp3) is 0.395. The van der Waals surface area contributed by atoms with Crippen LogP contribution < -0.4 is 30.2 Å². The standard InChI is InChI=1S/C38H45ClN8S/c39-31-16-14-30(15-17-31)38(18-8-3-9-19-38)29-40-37(48)43-36-41-34(46-24-20-44(21-25-46)32-10-4-1-5-11-32)28-35(42-36)47-26-22-45(23-27-47)33-12-6-2-7-13-33/h1-2,4-7,10-17,28H,3,8-9,18-27,29H2,(H2,40,41,42,43,48). The molecule has 3 aliphatic rings. The number of piperazine rings is 2. The number of halogens is 1. The lowest BCUT2D eigenvalue weighted by Crippen LogP contribution is -2.48. The van der Waals surface area contributed by atoms with Crippen molar-refractivity contribution >= 4 is 57.9 Å². The van der Waals surface area contributed by atoms with Crippen LogP contribution in [0.25, 0.3) is 0 Å². The summed E-state index contributed by atoms with van der Waals surface area (Å²) < 4.78 is 0. The van der Waals surface area contributed by atoms with E-state index in [9.17, 15) is 0 Å². The number of nitrogens with one attached hydrogen (secondary N) is 2. The molecule has 7 rings (SSSR count). The maximum absolute atomic E-state index is 6.25. The molecule has 250 valence electrons. The monoisotopic (exact) mass is 680 g/mol. The first-order valence-electron chi connectivity index (χ1n) is 17.3. The van der Waals surface area contributed by atoms with E-state index in [-0.39, 0.29) is 5.41 Å². The Bertz CT molecular complexity index is 1560. The second-order valence-corrected chi connectivity index (χ2v) is 14.0. The number of thiocarbonyl (C=S) groups is 1. The van der Waals surface area contributed by atoms with Crippen LogP contribution in [0.2, 0.25) is 5.02 Å². The minimum Gasteiger partial charge on any atom is -0.368 e. The quantitative estimate of drug-likeness (QED) is 0.192. The molecule has 3 aromatic carbocycles. The number of para-hydroxylation sites is 2. The lowest BCUT2D eigenvalue weighted by Gasteiger charge is -2.39. The Morgan fingerprint density at radius 2 is 1.12 bits per heavy atom. The van der Waals surface area contributed by atoms with Crippen molar-refractivity contribution < 1.29 is 0 Å². The molecule has 1 aliphatic carbocycles. The van der Waals surface area contributed by atoms with Crippen LogP contribution in [-0.4, -0.2) is 74.0 Å². The highest BCUT2D eigenvalue weighted by Gasteiger charge is 2.34. The van der Waals surface area contributed by atoms with Gasteiger partial charge < -0.3 is 30.2 Å². The molecule has 0 unspecified atom stereocenters. The highest BCUT2D eigenvalue weighted by Crippen LogP contribution is 2.39. The average Bonchev–Trinajstić information content (AvgIpc) is 3.15. The molecular weight excluding hydrogens is 636 g/mol. The smallest absolute Gasteiger partial charge is 0.232 e. The highest BCUT2D eigenvalue weighted by molar-refractivity contribution is 7.80. The molecule has 1 saturated carbocycles. The zero-order chi connectivity index (χ0) is 32.8. The summed E-state index contributed by atoms with van der Waals surface area (Å²) in [5, 5.41) is 8.28. The maximum atomic E-state index is 6.25. The van der Waals surface area contributed by atoms with Crippen LogP contribution in [-0.2, 0) is 5.41 Å². The predicted octanol–water partition coefficient (Wildman–Crippen LogP) is 6.97. The molecule has 4 aromatic rings. The van der Waals surface area contributed by atoms with E-state index in [4.69, 9.17) is 33.8 Å². The van der Waals surface area contributed by atoms with Crippen molar-refractivity contribution in [2.45, 2.75) is 37.5 Å². The van der Waals surface area contributed by atoms with Gasteiger partial charge in [0, 0.05) is 86.8 Å². The largest absolute Gasteiger partial charge is 0.368 e. The molecule has 1 aromatic heterocycles. The molecule has 0 radical (unpaired) electrons. The lowest BCUT2D eigenvalue weighted by molar-refractivity contribution is 0.292. The van der Waals surface area contributed by atoms with Crippen LogP contribution in [0.4, 0.5) is 29.0 Å².